The predicted octanol–water partition coefficient (Wildman–Crippen LogP) is 4.96. The van der Waals surface area contributed by atoms with E-state index < -0.39 is 0 Å². The van der Waals surface area contributed by atoms with Crippen LogP contribution in [-0.2, 0) is 6.54 Å². The standard InChI is InChI=1S/C30H33FN4O2S/c31-25-6-4-21(5-7-25)22-8-11-33(12-9-22)16-24-17-35(18-27(24)23-10-15-38-19-23)30(37)26-2-1-3-28-29(26)32-20-34(28)13-14-36/h1-7,10,15,19-20,22,24,27,36H,8-9,11-14,16-18H2. The number of aliphatic hydroxyl groups excluding tert-OH is 1. The number of hydrogen-bond acceptors (Lipinski definition) is 5. The first kappa shape index (κ1) is 25.2. The van der Waals surface area contributed by atoms with Crippen LogP contribution in [0.5, 0.6) is 0 Å². The Labute approximate surface area is 226 Å². The van der Waals surface area contributed by atoms with Crippen LogP contribution in [0.3, 0.4) is 0 Å². The van der Waals surface area contributed by atoms with Gasteiger partial charge in [-0.1, -0.05) is 18.2 Å². The number of carbonyl (C=O) groups excluding carboxylic acids is 1. The van der Waals surface area contributed by atoms with E-state index in [9.17, 15) is 14.3 Å². The fourth-order valence-electron chi connectivity index (χ4n) is 6.32. The molecule has 2 aromatic carbocycles. The Bertz CT molecular complexity index is 1380. The van der Waals surface area contributed by atoms with Crippen LogP contribution in [0.2, 0.25) is 0 Å². The van der Waals surface area contributed by atoms with Crippen molar-refractivity contribution < 1.29 is 14.3 Å². The number of imidazole rings is 1. The van der Waals surface area contributed by atoms with Crippen molar-refractivity contribution in [3.63, 3.8) is 0 Å². The van der Waals surface area contributed by atoms with Gasteiger partial charge in [0.15, 0.2) is 0 Å². The van der Waals surface area contributed by atoms with Crippen LogP contribution in [0.1, 0.15) is 46.2 Å². The number of carbonyl (C=O) groups is 1. The van der Waals surface area contributed by atoms with Crippen molar-refractivity contribution in [3.8, 4) is 0 Å². The average Bonchev–Trinajstić information content (AvgIpc) is 3.70. The van der Waals surface area contributed by atoms with Gasteiger partial charge in [0.25, 0.3) is 5.91 Å². The molecule has 8 heteroatoms. The zero-order valence-electron chi connectivity index (χ0n) is 21.4. The van der Waals surface area contributed by atoms with Crippen molar-refractivity contribution in [3.05, 3.63) is 88.1 Å². The highest BCUT2D eigenvalue weighted by Crippen LogP contribution is 2.37. The van der Waals surface area contributed by atoms with Crippen molar-refractivity contribution in [2.45, 2.75) is 31.2 Å². The minimum Gasteiger partial charge on any atom is -0.395 e. The number of piperidine rings is 1. The van der Waals surface area contributed by atoms with Gasteiger partial charge >= 0.3 is 0 Å². The third kappa shape index (κ3) is 5.00. The third-order valence-corrected chi connectivity index (χ3v) is 9.04. The first-order valence-corrected chi connectivity index (χ1v) is 14.4. The molecule has 1 amide bonds. The van der Waals surface area contributed by atoms with E-state index in [0.29, 0.717) is 41.9 Å². The Morgan fingerprint density at radius 2 is 1.87 bits per heavy atom. The molecule has 2 unspecified atom stereocenters. The molecule has 6 rings (SSSR count). The number of aromatic nitrogens is 2. The second kappa shape index (κ2) is 11.0. The van der Waals surface area contributed by atoms with Gasteiger partial charge < -0.3 is 19.5 Å². The lowest BCUT2D eigenvalue weighted by molar-refractivity contribution is 0.0783. The Hall–Kier alpha value is -3.07. The summed E-state index contributed by atoms with van der Waals surface area (Å²) in [4.78, 5) is 22.9. The van der Waals surface area contributed by atoms with E-state index in [4.69, 9.17) is 0 Å². The quantitative estimate of drug-likeness (QED) is 0.365. The van der Waals surface area contributed by atoms with Crippen LogP contribution < -0.4 is 0 Å². The summed E-state index contributed by atoms with van der Waals surface area (Å²) in [7, 11) is 0. The van der Waals surface area contributed by atoms with Crippen molar-refractivity contribution in [1.82, 2.24) is 19.4 Å². The number of halogens is 1. The lowest BCUT2D eigenvalue weighted by Gasteiger charge is -2.34. The van der Waals surface area contributed by atoms with Gasteiger partial charge in [0, 0.05) is 32.1 Å². The predicted molar refractivity (Wildman–Crippen MR) is 148 cm³/mol. The number of amides is 1. The SMILES string of the molecule is O=C(c1cccc2c1ncn2CCO)N1CC(CN2CCC(c3ccc(F)cc3)CC2)C(c2ccsc2)C1. The second-order valence-corrected chi connectivity index (χ2v) is 11.4. The molecule has 2 aromatic heterocycles. The molecule has 2 aliphatic heterocycles. The number of likely N-dealkylation sites (tertiary alicyclic amines) is 2. The summed E-state index contributed by atoms with van der Waals surface area (Å²) in [5.41, 5.74) is 4.75. The first-order valence-electron chi connectivity index (χ1n) is 13.4. The van der Waals surface area contributed by atoms with Gasteiger partial charge in [-0.25, -0.2) is 9.37 Å². The Morgan fingerprint density at radius 1 is 1.05 bits per heavy atom. The normalized spacial score (nSPS) is 20.9. The number of rotatable bonds is 7. The van der Waals surface area contributed by atoms with E-state index >= 15 is 0 Å². The number of thiophene rings is 1. The van der Waals surface area contributed by atoms with Crippen LogP contribution >= 0.6 is 11.3 Å². The van der Waals surface area contributed by atoms with E-state index in [1.807, 2.05) is 39.8 Å². The molecule has 2 atom stereocenters. The van der Waals surface area contributed by atoms with Crippen molar-refractivity contribution in [2.24, 2.45) is 5.92 Å². The van der Waals surface area contributed by atoms with Gasteiger partial charge in [-0.3, -0.25) is 4.79 Å². The van der Waals surface area contributed by atoms with E-state index in [1.165, 1.54) is 11.1 Å². The molecule has 4 aromatic rings. The molecule has 2 aliphatic rings. The molecule has 0 saturated carbocycles. The van der Waals surface area contributed by atoms with Gasteiger partial charge in [0.1, 0.15) is 11.3 Å². The summed E-state index contributed by atoms with van der Waals surface area (Å²) in [6.45, 7) is 4.93. The zero-order chi connectivity index (χ0) is 26.1. The summed E-state index contributed by atoms with van der Waals surface area (Å²) in [5.74, 6) is 1.00. The third-order valence-electron chi connectivity index (χ3n) is 8.34. The van der Waals surface area contributed by atoms with Crippen molar-refractivity contribution in [1.29, 1.82) is 0 Å². The Balaban J connectivity index is 1.17. The van der Waals surface area contributed by atoms with Gasteiger partial charge in [0.05, 0.1) is 24.0 Å². The van der Waals surface area contributed by atoms with Crippen LogP contribution in [0.15, 0.2) is 65.6 Å². The molecule has 2 fully saturated rings. The van der Waals surface area contributed by atoms with Crippen molar-refractivity contribution in [2.75, 3.05) is 39.3 Å². The van der Waals surface area contributed by atoms with Gasteiger partial charge in [0.2, 0.25) is 0 Å². The molecular weight excluding hydrogens is 499 g/mol. The van der Waals surface area contributed by atoms with E-state index in [-0.39, 0.29) is 18.3 Å². The molecule has 1 N–H and O–H groups in total. The molecule has 0 radical (unpaired) electrons. The lowest BCUT2D eigenvalue weighted by atomic mass is 9.87. The van der Waals surface area contributed by atoms with Crippen LogP contribution in [0.4, 0.5) is 4.39 Å². The maximum atomic E-state index is 13.8. The number of nitrogens with zero attached hydrogens (tertiary/aromatic N) is 4. The highest BCUT2D eigenvalue weighted by Gasteiger charge is 2.38. The summed E-state index contributed by atoms with van der Waals surface area (Å²) in [6, 6.07) is 14.9. The van der Waals surface area contributed by atoms with Gasteiger partial charge in [-0.2, -0.15) is 11.3 Å². The Morgan fingerprint density at radius 3 is 2.61 bits per heavy atom. The van der Waals surface area contributed by atoms with Crippen LogP contribution in [-0.4, -0.2) is 69.7 Å². The monoisotopic (exact) mass is 532 g/mol. The molecule has 38 heavy (non-hydrogen) atoms. The summed E-state index contributed by atoms with van der Waals surface area (Å²) >= 11 is 1.71. The minimum absolute atomic E-state index is 0.0287. The average molecular weight is 533 g/mol. The highest BCUT2D eigenvalue weighted by molar-refractivity contribution is 7.08. The van der Waals surface area contributed by atoms with Crippen molar-refractivity contribution >= 4 is 28.3 Å². The molecule has 0 spiro atoms. The highest BCUT2D eigenvalue weighted by atomic mass is 32.1. The molecule has 2 saturated heterocycles. The maximum Gasteiger partial charge on any atom is 0.256 e. The number of hydrogen-bond donors (Lipinski definition) is 1. The van der Waals surface area contributed by atoms with Gasteiger partial charge in [-0.05, 0) is 90.0 Å². The van der Waals surface area contributed by atoms with Crippen LogP contribution in [0.25, 0.3) is 11.0 Å². The largest absolute Gasteiger partial charge is 0.395 e. The van der Waals surface area contributed by atoms with E-state index in [0.717, 1.165) is 44.5 Å². The number of aliphatic hydroxyl groups is 1. The number of benzene rings is 2. The molecule has 198 valence electrons. The minimum atomic E-state index is -0.180. The summed E-state index contributed by atoms with van der Waals surface area (Å²) < 4.78 is 15.2. The Kier molecular flexibility index (Phi) is 7.28. The second-order valence-electron chi connectivity index (χ2n) is 10.6. The molecule has 4 heterocycles. The molecule has 0 aliphatic carbocycles. The lowest BCUT2D eigenvalue weighted by Crippen LogP contribution is -2.38. The summed E-state index contributed by atoms with van der Waals surface area (Å²) in [5, 5.41) is 13.7. The fraction of sp³-hybridized carbons (Fsp3) is 0.400. The fourth-order valence-corrected chi connectivity index (χ4v) is 7.04. The number of fused-ring (bicyclic) bond motifs is 1. The molecular formula is C30H33FN4O2S. The van der Waals surface area contributed by atoms with E-state index in [2.05, 4.69) is 26.7 Å². The molecule has 6 nitrogen and oxygen atoms in total. The van der Waals surface area contributed by atoms with Gasteiger partial charge in [-0.15, -0.1) is 0 Å². The smallest absolute Gasteiger partial charge is 0.256 e. The summed E-state index contributed by atoms with van der Waals surface area (Å²) in [6.07, 6.45) is 3.85. The topological polar surface area (TPSA) is 61.6 Å². The number of para-hydroxylation sites is 1. The zero-order valence-corrected chi connectivity index (χ0v) is 22.2. The molecule has 0 bridgehead atoms. The van der Waals surface area contributed by atoms with E-state index in [1.54, 1.807) is 29.8 Å². The van der Waals surface area contributed by atoms with Crippen LogP contribution in [0, 0.1) is 11.7 Å². The maximum absolute atomic E-state index is 13.8. The first-order chi connectivity index (χ1) is 18.6.